The van der Waals surface area contributed by atoms with E-state index in [9.17, 15) is 16.8 Å². The molecule has 220 valence electrons. The summed E-state index contributed by atoms with van der Waals surface area (Å²) in [6.45, 7) is 5.20. The molecule has 0 fully saturated rings. The molecule has 0 bridgehead atoms. The number of sulfonamides is 2. The Kier molecular flexibility index (Phi) is 7.40. The highest BCUT2D eigenvalue weighted by atomic mass is 32.2. The van der Waals surface area contributed by atoms with E-state index < -0.39 is 20.0 Å². The molecule has 0 spiro atoms. The molecule has 2 aromatic heterocycles. The number of rotatable bonds is 10. The molecule has 0 aliphatic carbocycles. The van der Waals surface area contributed by atoms with E-state index in [1.54, 1.807) is 85.5 Å². The van der Waals surface area contributed by atoms with Crippen LogP contribution in [0.4, 0.5) is 11.4 Å². The third kappa shape index (κ3) is 6.11. The van der Waals surface area contributed by atoms with Crippen molar-refractivity contribution in [1.82, 2.24) is 19.1 Å². The average Bonchev–Trinajstić information content (AvgIpc) is 3.56. The zero-order chi connectivity index (χ0) is 30.2. The maximum atomic E-state index is 12.8. The summed E-state index contributed by atoms with van der Waals surface area (Å²) < 4.78 is 60.4. The summed E-state index contributed by atoms with van der Waals surface area (Å²) in [7, 11) is -7.40. The van der Waals surface area contributed by atoms with Crippen molar-refractivity contribution in [3.8, 4) is 0 Å². The maximum Gasteiger partial charge on any atom is 0.261 e. The summed E-state index contributed by atoms with van der Waals surface area (Å²) in [5.41, 5.74) is 6.06. The van der Waals surface area contributed by atoms with Gasteiger partial charge in [0, 0.05) is 13.1 Å². The van der Waals surface area contributed by atoms with Gasteiger partial charge in [0.25, 0.3) is 20.0 Å². The molecule has 0 saturated carbocycles. The first-order valence-corrected chi connectivity index (χ1v) is 16.6. The molecule has 0 atom stereocenters. The van der Waals surface area contributed by atoms with Crippen molar-refractivity contribution in [1.29, 1.82) is 0 Å². The summed E-state index contributed by atoms with van der Waals surface area (Å²) in [4.78, 5) is 9.36. The summed E-state index contributed by atoms with van der Waals surface area (Å²) in [5, 5.41) is 0. The molecule has 12 heteroatoms. The number of nitrogens with zero attached hydrogens (tertiary/aromatic N) is 4. The fourth-order valence-electron chi connectivity index (χ4n) is 4.89. The minimum absolute atomic E-state index is 0.204. The van der Waals surface area contributed by atoms with E-state index in [1.807, 2.05) is 35.1 Å². The van der Waals surface area contributed by atoms with Gasteiger partial charge in [-0.05, 0) is 80.9 Å². The summed E-state index contributed by atoms with van der Waals surface area (Å²) in [5.74, 6) is 0. The molecule has 0 aliphatic rings. The lowest BCUT2D eigenvalue weighted by molar-refractivity contribution is 0.580. The van der Waals surface area contributed by atoms with Crippen LogP contribution in [0, 0.1) is 13.8 Å². The van der Waals surface area contributed by atoms with Gasteiger partial charge in [0.1, 0.15) is 0 Å². The highest BCUT2D eigenvalue weighted by Crippen LogP contribution is 2.24. The van der Waals surface area contributed by atoms with Crippen LogP contribution in [0.5, 0.6) is 0 Å². The van der Waals surface area contributed by atoms with Crippen LogP contribution in [0.2, 0.25) is 0 Å². The second kappa shape index (κ2) is 11.2. The van der Waals surface area contributed by atoms with Crippen LogP contribution in [0.3, 0.4) is 0 Å². The van der Waals surface area contributed by atoms with Crippen LogP contribution in [0.15, 0.2) is 107 Å². The average molecular weight is 615 g/mol. The molecule has 0 unspecified atom stereocenters. The number of fused-ring (bicyclic) bond motifs is 2. The number of benzene rings is 4. The van der Waals surface area contributed by atoms with Crippen molar-refractivity contribution < 1.29 is 16.8 Å². The quantitative estimate of drug-likeness (QED) is 0.204. The van der Waals surface area contributed by atoms with Gasteiger partial charge in [-0.1, -0.05) is 35.4 Å². The Balaban J connectivity index is 1.10. The molecule has 43 heavy (non-hydrogen) atoms. The molecule has 0 radical (unpaired) electrons. The fourth-order valence-corrected chi connectivity index (χ4v) is 6.98. The van der Waals surface area contributed by atoms with E-state index >= 15 is 0 Å². The standard InChI is InChI=1S/C31H30N6O4S2/c1-22-4-10-26(11-5-22)42(38,39)34-24-8-14-30-28(18-24)32-20-36(30)16-3-17-37-21-33-29-19-25(9-15-31(29)37)35-43(40,41)27-12-6-23(2)7-13-27/h4-15,18-21,34-35H,3,16-17H2,1-2H3. The van der Waals surface area contributed by atoms with Crippen molar-refractivity contribution >= 4 is 53.5 Å². The Morgan fingerprint density at radius 2 is 0.977 bits per heavy atom. The van der Waals surface area contributed by atoms with Gasteiger partial charge in [-0.3, -0.25) is 9.44 Å². The lowest BCUT2D eigenvalue weighted by Gasteiger charge is -2.10. The molecule has 4 aromatic carbocycles. The third-order valence-corrected chi connectivity index (χ3v) is 10.0. The highest BCUT2D eigenvalue weighted by molar-refractivity contribution is 7.93. The van der Waals surface area contributed by atoms with Crippen LogP contribution >= 0.6 is 0 Å². The predicted octanol–water partition coefficient (Wildman–Crippen LogP) is 5.69. The molecule has 0 amide bonds. The Morgan fingerprint density at radius 1 is 0.581 bits per heavy atom. The number of hydrogen-bond acceptors (Lipinski definition) is 6. The predicted molar refractivity (Wildman–Crippen MR) is 168 cm³/mol. The van der Waals surface area contributed by atoms with E-state index in [4.69, 9.17) is 0 Å². The van der Waals surface area contributed by atoms with Crippen LogP contribution in [-0.2, 0) is 33.1 Å². The number of aryl methyl sites for hydroxylation is 4. The first kappa shape index (κ1) is 28.4. The van der Waals surface area contributed by atoms with E-state index in [0.29, 0.717) is 35.5 Å². The van der Waals surface area contributed by atoms with Gasteiger partial charge < -0.3 is 9.13 Å². The van der Waals surface area contributed by atoms with Crippen molar-refractivity contribution in [2.75, 3.05) is 9.44 Å². The number of nitrogens with one attached hydrogen (secondary N) is 2. The Hall–Kier alpha value is -4.68. The SMILES string of the molecule is Cc1ccc(S(=O)(=O)Nc2ccc3c(c2)ncn3CCCn2cnc3cc(NS(=O)(=O)c4ccc(C)cc4)ccc32)cc1. The number of imidazole rings is 2. The van der Waals surface area contributed by atoms with Gasteiger partial charge in [0.15, 0.2) is 0 Å². The highest BCUT2D eigenvalue weighted by Gasteiger charge is 2.16. The van der Waals surface area contributed by atoms with E-state index in [1.165, 1.54) is 0 Å². The molecule has 6 aromatic rings. The zero-order valence-corrected chi connectivity index (χ0v) is 25.2. The van der Waals surface area contributed by atoms with Gasteiger partial charge in [-0.2, -0.15) is 0 Å². The van der Waals surface area contributed by atoms with Gasteiger partial charge >= 0.3 is 0 Å². The Morgan fingerprint density at radius 3 is 1.37 bits per heavy atom. The molecule has 2 heterocycles. The first-order chi connectivity index (χ1) is 20.6. The lowest BCUT2D eigenvalue weighted by atomic mass is 10.2. The zero-order valence-electron chi connectivity index (χ0n) is 23.6. The summed E-state index contributed by atoms with van der Waals surface area (Å²) >= 11 is 0. The normalized spacial score (nSPS) is 12.1. The van der Waals surface area contributed by atoms with E-state index in [0.717, 1.165) is 28.6 Å². The van der Waals surface area contributed by atoms with E-state index in [2.05, 4.69) is 19.4 Å². The molecular formula is C31H30N6O4S2. The van der Waals surface area contributed by atoms with Crippen LogP contribution < -0.4 is 9.44 Å². The van der Waals surface area contributed by atoms with Gasteiger partial charge in [-0.25, -0.2) is 26.8 Å². The van der Waals surface area contributed by atoms with Crippen molar-refractivity contribution in [2.45, 2.75) is 43.1 Å². The first-order valence-electron chi connectivity index (χ1n) is 13.7. The molecule has 0 saturated heterocycles. The van der Waals surface area contributed by atoms with Crippen molar-refractivity contribution in [3.63, 3.8) is 0 Å². The van der Waals surface area contributed by atoms with Gasteiger partial charge in [0.05, 0.1) is 55.9 Å². The molecule has 0 aliphatic heterocycles. The van der Waals surface area contributed by atoms with Gasteiger partial charge in [0.2, 0.25) is 0 Å². The van der Waals surface area contributed by atoms with Crippen LogP contribution in [0.25, 0.3) is 22.1 Å². The van der Waals surface area contributed by atoms with Crippen molar-refractivity contribution in [3.05, 3.63) is 109 Å². The molecule has 10 nitrogen and oxygen atoms in total. The topological polar surface area (TPSA) is 128 Å². The third-order valence-electron chi connectivity index (χ3n) is 7.21. The maximum absolute atomic E-state index is 12.8. The minimum atomic E-state index is -3.70. The van der Waals surface area contributed by atoms with E-state index in [-0.39, 0.29) is 9.79 Å². The fraction of sp³-hybridized carbons (Fsp3) is 0.161. The van der Waals surface area contributed by atoms with Crippen LogP contribution in [0.1, 0.15) is 17.5 Å². The minimum Gasteiger partial charge on any atom is -0.331 e. The molecule has 6 rings (SSSR count). The molecule has 2 N–H and O–H groups in total. The number of aromatic nitrogens is 4. The Bertz CT molecular complexity index is 2000. The largest absolute Gasteiger partial charge is 0.331 e. The smallest absolute Gasteiger partial charge is 0.261 e. The summed E-state index contributed by atoms with van der Waals surface area (Å²) in [6, 6.07) is 24.1. The van der Waals surface area contributed by atoms with Crippen molar-refractivity contribution in [2.24, 2.45) is 0 Å². The second-order valence-electron chi connectivity index (χ2n) is 10.5. The molecular weight excluding hydrogens is 585 g/mol. The number of anilines is 2. The summed E-state index contributed by atoms with van der Waals surface area (Å²) in [6.07, 6.45) is 4.29. The Labute approximate surface area is 250 Å². The second-order valence-corrected chi connectivity index (χ2v) is 13.8. The van der Waals surface area contributed by atoms with Gasteiger partial charge in [-0.15, -0.1) is 0 Å². The number of hydrogen-bond donors (Lipinski definition) is 2. The van der Waals surface area contributed by atoms with Crippen LogP contribution in [-0.4, -0.2) is 35.9 Å². The lowest BCUT2D eigenvalue weighted by Crippen LogP contribution is -2.12. The monoisotopic (exact) mass is 614 g/mol.